The smallest absolute Gasteiger partial charge is 0.411 e. The molecule has 1 saturated heterocycles. The van der Waals surface area contributed by atoms with Crippen LogP contribution in [0.3, 0.4) is 0 Å². The van der Waals surface area contributed by atoms with Crippen LogP contribution in [0.2, 0.25) is 0 Å². The number of amides is 2. The second-order valence-corrected chi connectivity index (χ2v) is 5.56. The van der Waals surface area contributed by atoms with E-state index in [1.165, 1.54) is 4.90 Å². The van der Waals surface area contributed by atoms with Gasteiger partial charge in [0.25, 0.3) is 0 Å². The third kappa shape index (κ3) is 3.53. The molecule has 3 rings (SSSR count). The average molecular weight is 314 g/mol. The molecule has 2 N–H and O–H groups in total. The van der Waals surface area contributed by atoms with Gasteiger partial charge in [-0.15, -0.1) is 0 Å². The number of ether oxygens (including phenoxy) is 1. The summed E-state index contributed by atoms with van der Waals surface area (Å²) >= 11 is 0. The second kappa shape index (κ2) is 6.56. The highest BCUT2D eigenvalue weighted by atomic mass is 16.5. The fourth-order valence-electron chi connectivity index (χ4n) is 2.85. The lowest BCUT2D eigenvalue weighted by atomic mass is 10.1. The van der Waals surface area contributed by atoms with E-state index in [-0.39, 0.29) is 12.6 Å². The highest BCUT2D eigenvalue weighted by Gasteiger charge is 2.29. The quantitative estimate of drug-likeness (QED) is 0.908. The van der Waals surface area contributed by atoms with Crippen molar-refractivity contribution in [3.8, 4) is 0 Å². The van der Waals surface area contributed by atoms with Crippen molar-refractivity contribution in [2.75, 3.05) is 18.5 Å². The van der Waals surface area contributed by atoms with Crippen molar-refractivity contribution < 1.29 is 19.4 Å². The van der Waals surface area contributed by atoms with Crippen LogP contribution in [-0.2, 0) is 4.74 Å². The first-order valence-electron chi connectivity index (χ1n) is 7.55. The summed E-state index contributed by atoms with van der Waals surface area (Å²) in [6.45, 7) is 0.571. The number of carbonyl (C=O) groups excluding carboxylic acids is 1. The molecule has 0 radical (unpaired) electrons. The molecule has 0 aliphatic carbocycles. The molecule has 2 aromatic rings. The minimum absolute atomic E-state index is 0.0751. The summed E-state index contributed by atoms with van der Waals surface area (Å²) in [4.78, 5) is 24.2. The van der Waals surface area contributed by atoms with Crippen LogP contribution in [0.15, 0.2) is 42.5 Å². The van der Waals surface area contributed by atoms with Gasteiger partial charge in [0.15, 0.2) is 0 Å². The van der Waals surface area contributed by atoms with Crippen LogP contribution >= 0.6 is 0 Å². The summed E-state index contributed by atoms with van der Waals surface area (Å²) in [5.41, 5.74) is 0.648. The zero-order valence-electron chi connectivity index (χ0n) is 12.6. The Morgan fingerprint density at radius 3 is 2.78 bits per heavy atom. The average Bonchev–Trinajstić information content (AvgIpc) is 3.01. The van der Waals surface area contributed by atoms with Crippen LogP contribution in [-0.4, -0.2) is 41.4 Å². The fourth-order valence-corrected chi connectivity index (χ4v) is 2.85. The Morgan fingerprint density at radius 1 is 1.22 bits per heavy atom. The molecule has 0 aromatic heterocycles. The minimum atomic E-state index is -0.967. The highest BCUT2D eigenvalue weighted by Crippen LogP contribution is 2.20. The first-order chi connectivity index (χ1) is 11.1. The number of hydrogen-bond donors (Lipinski definition) is 2. The molecular weight excluding hydrogens is 296 g/mol. The van der Waals surface area contributed by atoms with Crippen LogP contribution in [0.4, 0.5) is 15.3 Å². The van der Waals surface area contributed by atoms with Gasteiger partial charge in [-0.25, -0.2) is 9.59 Å². The van der Waals surface area contributed by atoms with Gasteiger partial charge in [-0.3, -0.25) is 5.32 Å². The second-order valence-electron chi connectivity index (χ2n) is 5.56. The molecule has 1 aliphatic rings. The number of likely N-dealkylation sites (tertiary alicyclic amines) is 1. The predicted octanol–water partition coefficient (Wildman–Crippen LogP) is 3.53. The molecule has 0 spiro atoms. The van der Waals surface area contributed by atoms with E-state index >= 15 is 0 Å². The van der Waals surface area contributed by atoms with Gasteiger partial charge in [-0.1, -0.05) is 30.3 Å². The Labute approximate surface area is 133 Å². The summed E-state index contributed by atoms with van der Waals surface area (Å²) in [7, 11) is 0. The molecule has 1 unspecified atom stereocenters. The SMILES string of the molecule is O=C(Nc1ccc2ccccc2c1)OCC1CCCN1C(=O)O. The lowest BCUT2D eigenvalue weighted by Gasteiger charge is -2.21. The topological polar surface area (TPSA) is 78.9 Å². The largest absolute Gasteiger partial charge is 0.465 e. The fraction of sp³-hybridized carbons (Fsp3) is 0.294. The Bertz CT molecular complexity index is 731. The molecule has 2 aromatic carbocycles. The lowest BCUT2D eigenvalue weighted by Crippen LogP contribution is -2.38. The van der Waals surface area contributed by atoms with Gasteiger partial charge in [0, 0.05) is 12.2 Å². The summed E-state index contributed by atoms with van der Waals surface area (Å²) in [6, 6.07) is 13.2. The molecule has 23 heavy (non-hydrogen) atoms. The molecule has 1 fully saturated rings. The molecule has 1 aliphatic heterocycles. The van der Waals surface area contributed by atoms with Crippen molar-refractivity contribution in [2.45, 2.75) is 18.9 Å². The van der Waals surface area contributed by atoms with E-state index in [0.717, 1.165) is 23.6 Å². The number of hydrogen-bond acceptors (Lipinski definition) is 3. The standard InChI is InChI=1S/C17H18N2O4/c20-16(23-11-15-6-3-9-19(15)17(21)22)18-14-8-7-12-4-1-2-5-13(12)10-14/h1-2,4-5,7-8,10,15H,3,6,9,11H2,(H,18,20)(H,21,22). The van der Waals surface area contributed by atoms with Crippen molar-refractivity contribution >= 4 is 28.6 Å². The first-order valence-corrected chi connectivity index (χ1v) is 7.55. The number of benzene rings is 2. The van der Waals surface area contributed by atoms with E-state index in [1.807, 2.05) is 42.5 Å². The zero-order valence-corrected chi connectivity index (χ0v) is 12.6. The number of anilines is 1. The summed E-state index contributed by atoms with van der Waals surface area (Å²) in [6.07, 6.45) is -0.0223. The van der Waals surface area contributed by atoms with Crippen molar-refractivity contribution in [3.05, 3.63) is 42.5 Å². The molecule has 6 heteroatoms. The van der Waals surface area contributed by atoms with Crippen LogP contribution in [0.5, 0.6) is 0 Å². The molecule has 120 valence electrons. The summed E-state index contributed by atoms with van der Waals surface area (Å²) < 4.78 is 5.17. The molecule has 6 nitrogen and oxygen atoms in total. The Morgan fingerprint density at radius 2 is 2.00 bits per heavy atom. The van der Waals surface area contributed by atoms with Gasteiger partial charge in [-0.2, -0.15) is 0 Å². The van der Waals surface area contributed by atoms with E-state index < -0.39 is 12.2 Å². The maximum absolute atomic E-state index is 11.9. The van der Waals surface area contributed by atoms with Gasteiger partial charge in [-0.05, 0) is 35.7 Å². The van der Waals surface area contributed by atoms with Crippen LogP contribution in [0.25, 0.3) is 10.8 Å². The number of carbonyl (C=O) groups is 2. The van der Waals surface area contributed by atoms with Gasteiger partial charge in [0.05, 0.1) is 6.04 Å². The van der Waals surface area contributed by atoms with Gasteiger partial charge < -0.3 is 14.7 Å². The van der Waals surface area contributed by atoms with E-state index in [4.69, 9.17) is 9.84 Å². The Balaban J connectivity index is 1.57. The third-order valence-electron chi connectivity index (χ3n) is 4.03. The van der Waals surface area contributed by atoms with Crippen molar-refractivity contribution in [2.24, 2.45) is 0 Å². The lowest BCUT2D eigenvalue weighted by molar-refractivity contribution is 0.102. The summed E-state index contributed by atoms with van der Waals surface area (Å²) in [5.74, 6) is 0. The summed E-state index contributed by atoms with van der Waals surface area (Å²) in [5, 5.41) is 13.8. The van der Waals surface area contributed by atoms with E-state index in [0.29, 0.717) is 12.2 Å². The number of nitrogens with zero attached hydrogens (tertiary/aromatic N) is 1. The molecule has 0 saturated carbocycles. The van der Waals surface area contributed by atoms with Gasteiger partial charge >= 0.3 is 12.2 Å². The van der Waals surface area contributed by atoms with E-state index in [2.05, 4.69) is 5.32 Å². The number of fused-ring (bicyclic) bond motifs is 1. The van der Waals surface area contributed by atoms with Crippen molar-refractivity contribution in [1.29, 1.82) is 0 Å². The third-order valence-corrected chi connectivity index (χ3v) is 4.03. The first kappa shape index (κ1) is 15.1. The molecular formula is C17H18N2O4. The van der Waals surface area contributed by atoms with E-state index in [1.54, 1.807) is 0 Å². The molecule has 1 atom stereocenters. The number of carboxylic acid groups (broad SMARTS) is 1. The number of nitrogens with one attached hydrogen (secondary N) is 1. The van der Waals surface area contributed by atoms with Crippen LogP contribution in [0, 0.1) is 0 Å². The highest BCUT2D eigenvalue weighted by molar-refractivity contribution is 5.91. The monoisotopic (exact) mass is 314 g/mol. The van der Waals surface area contributed by atoms with Crippen LogP contribution in [0.1, 0.15) is 12.8 Å². The van der Waals surface area contributed by atoms with Crippen LogP contribution < -0.4 is 5.32 Å². The van der Waals surface area contributed by atoms with Crippen molar-refractivity contribution in [3.63, 3.8) is 0 Å². The predicted molar refractivity (Wildman–Crippen MR) is 86.7 cm³/mol. The minimum Gasteiger partial charge on any atom is -0.465 e. The Hall–Kier alpha value is -2.76. The number of rotatable bonds is 3. The molecule has 0 bridgehead atoms. The normalized spacial score (nSPS) is 17.2. The van der Waals surface area contributed by atoms with E-state index in [9.17, 15) is 9.59 Å². The Kier molecular flexibility index (Phi) is 4.32. The van der Waals surface area contributed by atoms with Gasteiger partial charge in [0.1, 0.15) is 6.61 Å². The van der Waals surface area contributed by atoms with Gasteiger partial charge in [0.2, 0.25) is 0 Å². The molecule has 2 amide bonds. The van der Waals surface area contributed by atoms with Crippen molar-refractivity contribution in [1.82, 2.24) is 4.90 Å². The molecule has 1 heterocycles. The maximum Gasteiger partial charge on any atom is 0.411 e. The zero-order chi connectivity index (χ0) is 16.2. The maximum atomic E-state index is 11.9.